The number of nitrogens with one attached hydrogen (secondary N) is 1. The van der Waals surface area contributed by atoms with Crippen molar-refractivity contribution in [3.63, 3.8) is 0 Å². The molecule has 1 aromatic rings. The average molecular weight is 411 g/mol. The number of amides is 1. The molecule has 1 saturated heterocycles. The maximum absolute atomic E-state index is 12.2. The quantitative estimate of drug-likeness (QED) is 0.671. The summed E-state index contributed by atoms with van der Waals surface area (Å²) in [7, 11) is 0. The maximum atomic E-state index is 12.2. The van der Waals surface area contributed by atoms with Crippen molar-refractivity contribution in [3.8, 4) is 0 Å². The number of rotatable bonds is 2. The summed E-state index contributed by atoms with van der Waals surface area (Å²) in [5.74, 6) is 0.455. The first-order valence-electron chi connectivity index (χ1n) is 9.00. The lowest BCUT2D eigenvalue weighted by Crippen LogP contribution is -2.41. The van der Waals surface area contributed by atoms with Gasteiger partial charge >= 0.3 is 6.09 Å². The topological polar surface area (TPSA) is 41.6 Å². The van der Waals surface area contributed by atoms with Gasteiger partial charge in [-0.05, 0) is 78.0 Å². The van der Waals surface area contributed by atoms with E-state index in [-0.39, 0.29) is 11.6 Å². The number of piperidine rings is 1. The summed E-state index contributed by atoms with van der Waals surface area (Å²) in [6, 6.07) is 6.45. The molecule has 25 heavy (non-hydrogen) atoms. The lowest BCUT2D eigenvalue weighted by Gasteiger charge is -2.35. The summed E-state index contributed by atoms with van der Waals surface area (Å²) < 4.78 is 6.57. The zero-order chi connectivity index (χ0) is 18.8. The highest BCUT2D eigenvalue weighted by atomic mass is 79.9. The van der Waals surface area contributed by atoms with Crippen molar-refractivity contribution in [2.24, 2.45) is 0 Å². The van der Waals surface area contributed by atoms with Crippen LogP contribution in [-0.2, 0) is 4.74 Å². The van der Waals surface area contributed by atoms with Gasteiger partial charge in [0.2, 0.25) is 0 Å². The summed E-state index contributed by atoms with van der Waals surface area (Å²) in [5, 5.41) is 3.62. The third-order valence-electron chi connectivity index (χ3n) is 4.11. The van der Waals surface area contributed by atoms with Gasteiger partial charge in [-0.1, -0.05) is 22.0 Å². The van der Waals surface area contributed by atoms with Crippen LogP contribution in [0.2, 0.25) is 0 Å². The summed E-state index contributed by atoms with van der Waals surface area (Å²) in [6.07, 6.45) is 1.72. The van der Waals surface area contributed by atoms with E-state index in [0.717, 1.165) is 30.4 Å². The van der Waals surface area contributed by atoms with Crippen LogP contribution in [0.1, 0.15) is 65.9 Å². The van der Waals surface area contributed by atoms with Gasteiger partial charge in [0.1, 0.15) is 5.60 Å². The standard InChI is InChI=1S/C20H31BrN2O2/c1-19(2,3)22-17-13-15(21)7-8-16(17)14-9-11-23(12-10-14)18(24)25-20(4,5)6/h7-8,13-14,22H,9-12H2,1-6H3. The van der Waals surface area contributed by atoms with Crippen molar-refractivity contribution < 1.29 is 9.53 Å². The Morgan fingerprint density at radius 3 is 2.28 bits per heavy atom. The summed E-state index contributed by atoms with van der Waals surface area (Å²) in [5.41, 5.74) is 2.08. The van der Waals surface area contributed by atoms with Gasteiger partial charge in [0.05, 0.1) is 0 Å². The van der Waals surface area contributed by atoms with E-state index in [1.165, 1.54) is 11.3 Å². The SMILES string of the molecule is CC(C)(C)Nc1cc(Br)ccc1C1CCN(C(=O)OC(C)(C)C)CC1. The molecule has 1 aromatic carbocycles. The number of halogens is 1. The summed E-state index contributed by atoms with van der Waals surface area (Å²) in [4.78, 5) is 14.1. The van der Waals surface area contributed by atoms with E-state index in [1.807, 2.05) is 25.7 Å². The van der Waals surface area contributed by atoms with Gasteiger partial charge in [0.25, 0.3) is 0 Å². The minimum atomic E-state index is -0.441. The van der Waals surface area contributed by atoms with Crippen LogP contribution in [0.3, 0.4) is 0 Å². The number of nitrogens with zero attached hydrogens (tertiary/aromatic N) is 1. The molecule has 0 spiro atoms. The molecule has 0 bridgehead atoms. The second-order valence-corrected chi connectivity index (χ2v) is 9.76. The van der Waals surface area contributed by atoms with Crippen LogP contribution in [0.4, 0.5) is 10.5 Å². The number of carbonyl (C=O) groups excluding carboxylic acids is 1. The first kappa shape index (κ1) is 20.1. The molecular weight excluding hydrogens is 380 g/mol. The fourth-order valence-electron chi connectivity index (χ4n) is 3.10. The third-order valence-corrected chi connectivity index (χ3v) is 4.60. The molecular formula is C20H31BrN2O2. The van der Waals surface area contributed by atoms with E-state index >= 15 is 0 Å². The van der Waals surface area contributed by atoms with E-state index < -0.39 is 5.60 Å². The first-order valence-corrected chi connectivity index (χ1v) is 9.79. The highest BCUT2D eigenvalue weighted by molar-refractivity contribution is 9.10. The van der Waals surface area contributed by atoms with E-state index in [4.69, 9.17) is 4.74 Å². The fourth-order valence-corrected chi connectivity index (χ4v) is 3.46. The predicted octanol–water partition coefficient (Wildman–Crippen LogP) is 5.77. The Morgan fingerprint density at radius 2 is 1.76 bits per heavy atom. The Bertz CT molecular complexity index is 609. The maximum Gasteiger partial charge on any atom is 0.410 e. The minimum absolute atomic E-state index is 0.00671. The molecule has 140 valence electrons. The van der Waals surface area contributed by atoms with Crippen LogP contribution in [-0.4, -0.2) is 35.2 Å². The van der Waals surface area contributed by atoms with E-state index in [1.54, 1.807) is 0 Å². The molecule has 1 N–H and O–H groups in total. The predicted molar refractivity (Wildman–Crippen MR) is 107 cm³/mol. The molecule has 0 unspecified atom stereocenters. The van der Waals surface area contributed by atoms with Crippen LogP contribution >= 0.6 is 15.9 Å². The number of carbonyl (C=O) groups is 1. The number of hydrogen-bond acceptors (Lipinski definition) is 3. The van der Waals surface area contributed by atoms with Gasteiger partial charge in [-0.2, -0.15) is 0 Å². The number of anilines is 1. The molecule has 1 heterocycles. The Morgan fingerprint density at radius 1 is 1.16 bits per heavy atom. The molecule has 2 rings (SSSR count). The van der Waals surface area contributed by atoms with Gasteiger partial charge < -0.3 is 15.0 Å². The first-order chi connectivity index (χ1) is 11.4. The van der Waals surface area contributed by atoms with E-state index in [9.17, 15) is 4.79 Å². The van der Waals surface area contributed by atoms with Crippen LogP contribution in [0.15, 0.2) is 22.7 Å². The van der Waals surface area contributed by atoms with Crippen LogP contribution < -0.4 is 5.32 Å². The fraction of sp³-hybridized carbons (Fsp3) is 0.650. The van der Waals surface area contributed by atoms with Gasteiger partial charge in [-0.25, -0.2) is 4.79 Å². The van der Waals surface area contributed by atoms with E-state index in [2.05, 4.69) is 60.2 Å². The number of hydrogen-bond donors (Lipinski definition) is 1. The number of ether oxygens (including phenoxy) is 1. The highest BCUT2D eigenvalue weighted by Crippen LogP contribution is 2.36. The van der Waals surface area contributed by atoms with Crippen LogP contribution in [0, 0.1) is 0 Å². The molecule has 0 radical (unpaired) electrons. The van der Waals surface area contributed by atoms with Crippen molar-refractivity contribution >= 4 is 27.7 Å². The molecule has 1 fully saturated rings. The normalized spacial score (nSPS) is 16.7. The number of likely N-dealkylation sites (tertiary alicyclic amines) is 1. The zero-order valence-electron chi connectivity index (χ0n) is 16.3. The summed E-state index contributed by atoms with van der Waals surface area (Å²) in [6.45, 7) is 13.7. The average Bonchev–Trinajstić information content (AvgIpc) is 2.44. The zero-order valence-corrected chi connectivity index (χ0v) is 17.9. The molecule has 0 saturated carbocycles. The highest BCUT2D eigenvalue weighted by Gasteiger charge is 2.28. The second-order valence-electron chi connectivity index (χ2n) is 8.85. The molecule has 0 aromatic heterocycles. The van der Waals surface area contributed by atoms with Crippen molar-refractivity contribution in [1.82, 2.24) is 4.90 Å². The summed E-state index contributed by atoms with van der Waals surface area (Å²) >= 11 is 3.57. The monoisotopic (exact) mass is 410 g/mol. The van der Waals surface area contributed by atoms with Crippen LogP contribution in [0.5, 0.6) is 0 Å². The van der Waals surface area contributed by atoms with Gasteiger partial charge in [-0.15, -0.1) is 0 Å². The molecule has 5 heteroatoms. The third kappa shape index (κ3) is 6.21. The van der Waals surface area contributed by atoms with Crippen molar-refractivity contribution in [2.45, 2.75) is 71.4 Å². The minimum Gasteiger partial charge on any atom is -0.444 e. The van der Waals surface area contributed by atoms with Gasteiger partial charge in [-0.3, -0.25) is 0 Å². The molecule has 4 nitrogen and oxygen atoms in total. The Labute approximate surface area is 160 Å². The van der Waals surface area contributed by atoms with Gasteiger partial charge in [0, 0.05) is 28.8 Å². The smallest absolute Gasteiger partial charge is 0.410 e. The van der Waals surface area contributed by atoms with E-state index in [0.29, 0.717) is 5.92 Å². The van der Waals surface area contributed by atoms with Crippen molar-refractivity contribution in [2.75, 3.05) is 18.4 Å². The molecule has 0 atom stereocenters. The number of benzene rings is 1. The van der Waals surface area contributed by atoms with Crippen molar-refractivity contribution in [1.29, 1.82) is 0 Å². The van der Waals surface area contributed by atoms with Crippen LogP contribution in [0.25, 0.3) is 0 Å². The molecule has 0 aliphatic carbocycles. The van der Waals surface area contributed by atoms with Crippen molar-refractivity contribution in [3.05, 3.63) is 28.2 Å². The molecule has 1 aliphatic heterocycles. The largest absolute Gasteiger partial charge is 0.444 e. The second kappa shape index (κ2) is 7.56. The molecule has 1 aliphatic rings. The molecule has 1 amide bonds. The Balaban J connectivity index is 2.07. The lowest BCUT2D eigenvalue weighted by atomic mass is 9.88. The Hall–Kier alpha value is -1.23. The lowest BCUT2D eigenvalue weighted by molar-refractivity contribution is 0.0205. The Kier molecular flexibility index (Phi) is 6.08. The van der Waals surface area contributed by atoms with Gasteiger partial charge in [0.15, 0.2) is 0 Å².